The average Bonchev–Trinajstić information content (AvgIpc) is 2.67. The van der Waals surface area contributed by atoms with Crippen LogP contribution in [0.5, 0.6) is 0 Å². The van der Waals surface area contributed by atoms with Gasteiger partial charge in [-0.3, -0.25) is 0 Å². The van der Waals surface area contributed by atoms with Gasteiger partial charge >= 0.3 is 6.18 Å². The van der Waals surface area contributed by atoms with E-state index in [2.05, 4.69) is 14.9 Å². The highest BCUT2D eigenvalue weighted by Gasteiger charge is 2.33. The van der Waals surface area contributed by atoms with Crippen molar-refractivity contribution >= 4 is 11.0 Å². The van der Waals surface area contributed by atoms with Crippen molar-refractivity contribution in [3.05, 3.63) is 29.6 Å². The van der Waals surface area contributed by atoms with Crippen molar-refractivity contribution in [3.63, 3.8) is 0 Å². The summed E-state index contributed by atoms with van der Waals surface area (Å²) >= 11 is 0. The third-order valence-electron chi connectivity index (χ3n) is 3.48. The lowest BCUT2D eigenvalue weighted by Gasteiger charge is -2.30. The Bertz CT molecular complexity index is 584. The number of halogens is 3. The van der Waals surface area contributed by atoms with Crippen molar-refractivity contribution in [1.29, 1.82) is 0 Å². The first-order chi connectivity index (χ1) is 9.04. The molecule has 102 valence electrons. The number of alkyl halides is 3. The largest absolute Gasteiger partial charge is 0.418 e. The molecule has 1 N–H and O–H groups in total. The average molecular weight is 269 g/mol. The molecule has 0 atom stereocenters. The van der Waals surface area contributed by atoms with Crippen LogP contribution in [-0.4, -0.2) is 34.5 Å². The van der Waals surface area contributed by atoms with Gasteiger partial charge in [-0.05, 0) is 31.6 Å². The maximum Gasteiger partial charge on any atom is 0.418 e. The van der Waals surface area contributed by atoms with Gasteiger partial charge in [0.1, 0.15) is 11.3 Å². The van der Waals surface area contributed by atoms with Crippen molar-refractivity contribution in [3.8, 4) is 0 Å². The molecule has 1 saturated heterocycles. The van der Waals surface area contributed by atoms with E-state index >= 15 is 0 Å². The molecule has 3 nitrogen and oxygen atoms in total. The summed E-state index contributed by atoms with van der Waals surface area (Å²) in [5.74, 6) is 0.624. The zero-order valence-electron chi connectivity index (χ0n) is 10.3. The summed E-state index contributed by atoms with van der Waals surface area (Å²) in [7, 11) is 0. The number of imidazole rings is 1. The molecule has 2 heterocycles. The van der Waals surface area contributed by atoms with Crippen LogP contribution in [0.4, 0.5) is 13.2 Å². The van der Waals surface area contributed by atoms with Gasteiger partial charge in [-0.2, -0.15) is 13.2 Å². The molecule has 1 fully saturated rings. The molecule has 1 aliphatic rings. The zero-order valence-corrected chi connectivity index (χ0v) is 10.3. The Morgan fingerprint density at radius 1 is 1.26 bits per heavy atom. The van der Waals surface area contributed by atoms with Crippen molar-refractivity contribution in [2.45, 2.75) is 19.0 Å². The second kappa shape index (κ2) is 4.52. The Kier molecular flexibility index (Phi) is 2.97. The van der Waals surface area contributed by atoms with E-state index in [0.717, 1.165) is 25.7 Å². The minimum absolute atomic E-state index is 0.0219. The molecule has 1 aromatic carbocycles. The van der Waals surface area contributed by atoms with Crippen LogP contribution in [0.3, 0.4) is 0 Å². The molecule has 0 bridgehead atoms. The lowest BCUT2D eigenvalue weighted by atomic mass is 10.2. The third kappa shape index (κ3) is 2.45. The molecular formula is C13H14F3N3. The van der Waals surface area contributed by atoms with E-state index in [1.165, 1.54) is 12.5 Å². The molecule has 6 heteroatoms. The number of fused-ring (bicyclic) bond motifs is 1. The van der Waals surface area contributed by atoms with E-state index in [1.807, 2.05) is 0 Å². The second-order valence-electron chi connectivity index (χ2n) is 4.83. The number of nitrogens with zero attached hydrogens (tertiary/aromatic N) is 2. The van der Waals surface area contributed by atoms with E-state index < -0.39 is 11.7 Å². The first-order valence-electron chi connectivity index (χ1n) is 6.31. The Hall–Kier alpha value is -1.56. The van der Waals surface area contributed by atoms with Gasteiger partial charge < -0.3 is 9.88 Å². The first kappa shape index (κ1) is 12.5. The standard InChI is InChI=1S/C13H14F3N3/c14-13(15,16)9-3-1-4-10-12(9)18-11(17-10)5-8-19-6-2-7-19/h1,3-4H,2,5-8H2,(H,17,18). The third-order valence-corrected chi connectivity index (χ3v) is 3.48. The minimum Gasteiger partial charge on any atom is -0.342 e. The van der Waals surface area contributed by atoms with E-state index in [-0.39, 0.29) is 5.52 Å². The molecular weight excluding hydrogens is 255 g/mol. The molecule has 0 radical (unpaired) electrons. The Morgan fingerprint density at radius 3 is 2.68 bits per heavy atom. The maximum atomic E-state index is 12.8. The van der Waals surface area contributed by atoms with Gasteiger partial charge in [-0.15, -0.1) is 0 Å². The predicted octanol–water partition coefficient (Wildman–Crippen LogP) is 2.83. The smallest absolute Gasteiger partial charge is 0.342 e. The van der Waals surface area contributed by atoms with Crippen molar-refractivity contribution in [2.24, 2.45) is 0 Å². The van der Waals surface area contributed by atoms with Crippen LogP contribution < -0.4 is 0 Å². The zero-order chi connectivity index (χ0) is 13.5. The van der Waals surface area contributed by atoms with Crippen LogP contribution in [-0.2, 0) is 12.6 Å². The number of hydrogen-bond acceptors (Lipinski definition) is 2. The van der Waals surface area contributed by atoms with Gasteiger partial charge in [0.05, 0.1) is 11.1 Å². The summed E-state index contributed by atoms with van der Waals surface area (Å²) in [6, 6.07) is 4.11. The number of benzene rings is 1. The molecule has 0 amide bonds. The number of likely N-dealkylation sites (tertiary alicyclic amines) is 1. The number of aromatic nitrogens is 2. The lowest BCUT2D eigenvalue weighted by Crippen LogP contribution is -2.38. The van der Waals surface area contributed by atoms with E-state index in [9.17, 15) is 13.2 Å². The SMILES string of the molecule is FC(F)(F)c1cccc2[nH]c(CCN3CCC3)nc12. The van der Waals surface area contributed by atoms with Gasteiger partial charge in [0.25, 0.3) is 0 Å². The van der Waals surface area contributed by atoms with Crippen LogP contribution in [0.1, 0.15) is 17.8 Å². The number of rotatable bonds is 3. The fourth-order valence-electron chi connectivity index (χ4n) is 2.30. The molecule has 1 aliphatic heterocycles. The number of para-hydroxylation sites is 1. The highest BCUT2D eigenvalue weighted by atomic mass is 19.4. The Balaban J connectivity index is 1.87. The molecule has 0 unspecified atom stereocenters. The highest BCUT2D eigenvalue weighted by Crippen LogP contribution is 2.33. The summed E-state index contributed by atoms with van der Waals surface area (Å²) in [5.41, 5.74) is -0.196. The Morgan fingerprint density at radius 2 is 2.05 bits per heavy atom. The molecule has 2 aromatic rings. The van der Waals surface area contributed by atoms with Crippen molar-refractivity contribution < 1.29 is 13.2 Å². The summed E-state index contributed by atoms with van der Waals surface area (Å²) in [6.45, 7) is 3.00. The quantitative estimate of drug-likeness (QED) is 0.929. The normalized spacial score (nSPS) is 16.8. The summed E-state index contributed by atoms with van der Waals surface area (Å²) in [4.78, 5) is 9.34. The number of H-pyrrole nitrogens is 1. The first-order valence-corrected chi connectivity index (χ1v) is 6.31. The van der Waals surface area contributed by atoms with Gasteiger partial charge in [0.15, 0.2) is 0 Å². The lowest BCUT2D eigenvalue weighted by molar-refractivity contribution is -0.136. The van der Waals surface area contributed by atoms with Crippen molar-refractivity contribution in [2.75, 3.05) is 19.6 Å². The summed E-state index contributed by atoms with van der Waals surface area (Å²) in [5, 5.41) is 0. The second-order valence-corrected chi connectivity index (χ2v) is 4.83. The topological polar surface area (TPSA) is 31.9 Å². The van der Waals surface area contributed by atoms with Crippen LogP contribution >= 0.6 is 0 Å². The van der Waals surface area contributed by atoms with Gasteiger partial charge in [-0.1, -0.05) is 6.07 Å². The fraction of sp³-hybridized carbons (Fsp3) is 0.462. The molecule has 19 heavy (non-hydrogen) atoms. The molecule has 0 spiro atoms. The Labute approximate surface area is 108 Å². The molecule has 3 rings (SSSR count). The fourth-order valence-corrected chi connectivity index (χ4v) is 2.30. The monoisotopic (exact) mass is 269 g/mol. The van der Waals surface area contributed by atoms with Crippen LogP contribution in [0.2, 0.25) is 0 Å². The van der Waals surface area contributed by atoms with Crippen molar-refractivity contribution in [1.82, 2.24) is 14.9 Å². The van der Waals surface area contributed by atoms with Crippen LogP contribution in [0.25, 0.3) is 11.0 Å². The number of hydrogen-bond donors (Lipinski definition) is 1. The number of aromatic amines is 1. The van der Waals surface area contributed by atoms with Crippen LogP contribution in [0, 0.1) is 0 Å². The molecule has 1 aromatic heterocycles. The summed E-state index contributed by atoms with van der Waals surface area (Å²) in [6.07, 6.45) is -2.49. The van der Waals surface area contributed by atoms with E-state index in [4.69, 9.17) is 0 Å². The van der Waals surface area contributed by atoms with Crippen LogP contribution in [0.15, 0.2) is 18.2 Å². The summed E-state index contributed by atoms with van der Waals surface area (Å²) < 4.78 is 38.5. The van der Waals surface area contributed by atoms with E-state index in [0.29, 0.717) is 17.8 Å². The predicted molar refractivity (Wildman–Crippen MR) is 65.9 cm³/mol. The van der Waals surface area contributed by atoms with Gasteiger partial charge in [0, 0.05) is 13.0 Å². The molecule has 0 aliphatic carbocycles. The van der Waals surface area contributed by atoms with Gasteiger partial charge in [0.2, 0.25) is 0 Å². The molecule has 0 saturated carbocycles. The minimum atomic E-state index is -4.36. The van der Waals surface area contributed by atoms with E-state index in [1.54, 1.807) is 6.07 Å². The number of nitrogens with one attached hydrogen (secondary N) is 1. The maximum absolute atomic E-state index is 12.8. The van der Waals surface area contributed by atoms with Gasteiger partial charge in [-0.25, -0.2) is 4.98 Å². The highest BCUT2D eigenvalue weighted by molar-refractivity contribution is 5.79.